The summed E-state index contributed by atoms with van der Waals surface area (Å²) < 4.78 is 29.5. The van der Waals surface area contributed by atoms with Gasteiger partial charge in [0.1, 0.15) is 23.3 Å². The Morgan fingerprint density at radius 3 is 2.58 bits per heavy atom. The molecule has 1 aromatic carbocycles. The van der Waals surface area contributed by atoms with Crippen LogP contribution in [-0.4, -0.2) is 38.7 Å². The molecule has 26 heavy (non-hydrogen) atoms. The highest BCUT2D eigenvalue weighted by Gasteiger charge is 2.28. The zero-order valence-electron chi connectivity index (χ0n) is 14.4. The van der Waals surface area contributed by atoms with Crippen LogP contribution in [0.15, 0.2) is 24.3 Å². The first kappa shape index (κ1) is 16.9. The zero-order chi connectivity index (χ0) is 18.1. The highest BCUT2D eigenvalue weighted by Crippen LogP contribution is 2.29. The standard InChI is InChI=1S/C19H20F2N4O/c20-15-3-1-4-16(21)14(15)6-7-18(26)24-11-8-13(9-12-24)19-23-22-17-5-2-10-25(17)19/h1,3-4,6-7,13H,2,5,8-12H2. The quantitative estimate of drug-likeness (QED) is 0.793. The van der Waals surface area contributed by atoms with Crippen LogP contribution in [0.4, 0.5) is 8.78 Å². The molecule has 0 bridgehead atoms. The molecule has 1 saturated heterocycles. The first-order valence-electron chi connectivity index (χ1n) is 8.96. The van der Waals surface area contributed by atoms with Crippen molar-refractivity contribution in [3.8, 4) is 0 Å². The molecule has 136 valence electrons. The van der Waals surface area contributed by atoms with Crippen molar-refractivity contribution in [1.29, 1.82) is 0 Å². The Bertz CT molecular complexity index is 833. The summed E-state index contributed by atoms with van der Waals surface area (Å²) in [5.74, 6) is 0.840. The van der Waals surface area contributed by atoms with E-state index in [9.17, 15) is 13.6 Å². The van der Waals surface area contributed by atoms with Crippen LogP contribution in [0.5, 0.6) is 0 Å². The van der Waals surface area contributed by atoms with Gasteiger partial charge in [-0.25, -0.2) is 8.78 Å². The predicted octanol–water partition coefficient (Wildman–Crippen LogP) is 2.92. The van der Waals surface area contributed by atoms with Gasteiger partial charge >= 0.3 is 0 Å². The van der Waals surface area contributed by atoms with Crippen LogP contribution >= 0.6 is 0 Å². The van der Waals surface area contributed by atoms with E-state index in [4.69, 9.17) is 0 Å². The lowest BCUT2D eigenvalue weighted by molar-refractivity contribution is -0.127. The smallest absolute Gasteiger partial charge is 0.246 e. The minimum absolute atomic E-state index is 0.185. The molecule has 1 amide bonds. The lowest BCUT2D eigenvalue weighted by atomic mass is 9.96. The van der Waals surface area contributed by atoms with Crippen molar-refractivity contribution in [2.45, 2.75) is 38.1 Å². The maximum Gasteiger partial charge on any atom is 0.246 e. The van der Waals surface area contributed by atoms with Crippen molar-refractivity contribution < 1.29 is 13.6 Å². The second kappa shape index (κ2) is 6.97. The van der Waals surface area contributed by atoms with Crippen LogP contribution < -0.4 is 0 Å². The first-order chi connectivity index (χ1) is 12.6. The molecule has 1 fully saturated rings. The van der Waals surface area contributed by atoms with E-state index in [1.807, 2.05) is 0 Å². The molecule has 4 rings (SSSR count). The fraction of sp³-hybridized carbons (Fsp3) is 0.421. The van der Waals surface area contributed by atoms with Gasteiger partial charge in [0.25, 0.3) is 0 Å². The number of fused-ring (bicyclic) bond motifs is 1. The Morgan fingerprint density at radius 1 is 1.12 bits per heavy atom. The monoisotopic (exact) mass is 358 g/mol. The number of likely N-dealkylation sites (tertiary alicyclic amines) is 1. The number of aromatic nitrogens is 3. The van der Waals surface area contributed by atoms with E-state index >= 15 is 0 Å². The second-order valence-electron chi connectivity index (χ2n) is 6.80. The second-order valence-corrected chi connectivity index (χ2v) is 6.80. The molecule has 5 nitrogen and oxygen atoms in total. The molecule has 7 heteroatoms. The summed E-state index contributed by atoms with van der Waals surface area (Å²) in [6.45, 7) is 2.19. The van der Waals surface area contributed by atoms with Crippen LogP contribution in [-0.2, 0) is 17.8 Å². The molecular formula is C19H20F2N4O. The lowest BCUT2D eigenvalue weighted by Crippen LogP contribution is -2.37. The number of carbonyl (C=O) groups is 1. The molecule has 1 aromatic heterocycles. The van der Waals surface area contributed by atoms with Gasteiger partial charge in [-0.2, -0.15) is 0 Å². The number of amides is 1. The summed E-state index contributed by atoms with van der Waals surface area (Å²) in [7, 11) is 0. The fourth-order valence-electron chi connectivity index (χ4n) is 3.76. The number of nitrogens with zero attached hydrogens (tertiary/aromatic N) is 4. The Kier molecular flexibility index (Phi) is 4.53. The van der Waals surface area contributed by atoms with Gasteiger partial charge in [0.15, 0.2) is 0 Å². The Balaban J connectivity index is 1.38. The van der Waals surface area contributed by atoms with E-state index in [-0.39, 0.29) is 11.5 Å². The molecule has 0 unspecified atom stereocenters. The molecule has 0 saturated carbocycles. The van der Waals surface area contributed by atoms with Crippen LogP contribution in [0.3, 0.4) is 0 Å². The summed E-state index contributed by atoms with van der Waals surface area (Å²) in [4.78, 5) is 14.1. The third-order valence-electron chi connectivity index (χ3n) is 5.20. The van der Waals surface area contributed by atoms with Gasteiger partial charge in [-0.15, -0.1) is 10.2 Å². The van der Waals surface area contributed by atoms with Crippen molar-refractivity contribution in [3.05, 3.63) is 53.1 Å². The van der Waals surface area contributed by atoms with Gasteiger partial charge in [-0.05, 0) is 37.5 Å². The number of benzene rings is 1. The molecule has 0 aliphatic carbocycles. The Hall–Kier alpha value is -2.57. The highest BCUT2D eigenvalue weighted by atomic mass is 19.1. The molecule has 2 aromatic rings. The van der Waals surface area contributed by atoms with Crippen LogP contribution in [0.2, 0.25) is 0 Å². The topological polar surface area (TPSA) is 51.0 Å². The number of aryl methyl sites for hydroxylation is 1. The normalized spacial score (nSPS) is 17.8. The molecule has 2 aliphatic heterocycles. The van der Waals surface area contributed by atoms with Crippen molar-refractivity contribution in [3.63, 3.8) is 0 Å². The molecular weight excluding hydrogens is 338 g/mol. The number of hydrogen-bond donors (Lipinski definition) is 0. The summed E-state index contributed by atoms with van der Waals surface area (Å²) >= 11 is 0. The van der Waals surface area contributed by atoms with Gasteiger partial charge in [-0.3, -0.25) is 4.79 Å². The minimum Gasteiger partial charge on any atom is -0.339 e. The average molecular weight is 358 g/mol. The van der Waals surface area contributed by atoms with E-state index in [1.165, 1.54) is 30.4 Å². The van der Waals surface area contributed by atoms with Crippen molar-refractivity contribution in [2.24, 2.45) is 0 Å². The molecule has 3 heterocycles. The summed E-state index contributed by atoms with van der Waals surface area (Å²) in [5, 5.41) is 8.59. The van der Waals surface area contributed by atoms with E-state index in [0.717, 1.165) is 43.9 Å². The Labute approximate surface area is 150 Å². The van der Waals surface area contributed by atoms with Crippen molar-refractivity contribution in [2.75, 3.05) is 13.1 Å². The molecule has 0 atom stereocenters. The number of piperidine rings is 1. The highest BCUT2D eigenvalue weighted by molar-refractivity contribution is 5.91. The summed E-state index contributed by atoms with van der Waals surface area (Å²) in [6, 6.07) is 3.65. The average Bonchev–Trinajstić information content (AvgIpc) is 3.25. The van der Waals surface area contributed by atoms with Gasteiger partial charge in [0.2, 0.25) is 5.91 Å². The Morgan fingerprint density at radius 2 is 1.85 bits per heavy atom. The van der Waals surface area contributed by atoms with Crippen LogP contribution in [0.1, 0.15) is 42.4 Å². The van der Waals surface area contributed by atoms with Crippen molar-refractivity contribution in [1.82, 2.24) is 19.7 Å². The van der Waals surface area contributed by atoms with Gasteiger partial charge in [0.05, 0.1) is 0 Å². The van der Waals surface area contributed by atoms with Crippen LogP contribution in [0, 0.1) is 11.6 Å². The number of hydrogen-bond acceptors (Lipinski definition) is 3. The van der Waals surface area contributed by atoms with Crippen molar-refractivity contribution >= 4 is 12.0 Å². The molecule has 0 radical (unpaired) electrons. The molecule has 0 spiro atoms. The van der Waals surface area contributed by atoms with E-state index in [1.54, 1.807) is 4.90 Å². The van der Waals surface area contributed by atoms with E-state index < -0.39 is 11.6 Å². The minimum atomic E-state index is -0.673. The molecule has 0 N–H and O–H groups in total. The fourth-order valence-corrected chi connectivity index (χ4v) is 3.76. The third-order valence-corrected chi connectivity index (χ3v) is 5.20. The lowest BCUT2D eigenvalue weighted by Gasteiger charge is -2.30. The zero-order valence-corrected chi connectivity index (χ0v) is 14.4. The molecule has 2 aliphatic rings. The number of halogens is 2. The maximum absolute atomic E-state index is 13.6. The van der Waals surface area contributed by atoms with Crippen LogP contribution in [0.25, 0.3) is 6.08 Å². The number of rotatable bonds is 3. The predicted molar refractivity (Wildman–Crippen MR) is 92.3 cm³/mol. The number of carbonyl (C=O) groups excluding carboxylic acids is 1. The SMILES string of the molecule is O=C(C=Cc1c(F)cccc1F)N1CCC(c2nnc3n2CCC3)CC1. The van der Waals surface area contributed by atoms with Gasteiger partial charge < -0.3 is 9.47 Å². The van der Waals surface area contributed by atoms with Gasteiger partial charge in [-0.1, -0.05) is 6.07 Å². The largest absolute Gasteiger partial charge is 0.339 e. The van der Waals surface area contributed by atoms with E-state index in [2.05, 4.69) is 14.8 Å². The summed E-state index contributed by atoms with van der Waals surface area (Å²) in [5.41, 5.74) is -0.185. The maximum atomic E-state index is 13.6. The summed E-state index contributed by atoms with van der Waals surface area (Å²) in [6.07, 6.45) is 6.22. The third kappa shape index (κ3) is 3.13. The van der Waals surface area contributed by atoms with Gasteiger partial charge in [0, 0.05) is 43.6 Å². The van der Waals surface area contributed by atoms with E-state index in [0.29, 0.717) is 19.0 Å². The first-order valence-corrected chi connectivity index (χ1v) is 8.96.